The largest absolute Gasteiger partial charge is 0.381 e. The van der Waals surface area contributed by atoms with Crippen molar-refractivity contribution in [3.8, 4) is 0 Å². The number of aromatic nitrogens is 2. The Kier molecular flexibility index (Phi) is 4.07. The molecule has 0 bridgehead atoms. The van der Waals surface area contributed by atoms with Gasteiger partial charge in [0.2, 0.25) is 0 Å². The van der Waals surface area contributed by atoms with Crippen LogP contribution in [-0.4, -0.2) is 23.2 Å². The Labute approximate surface area is 101 Å². The first-order chi connectivity index (χ1) is 7.81. The highest BCUT2D eigenvalue weighted by Crippen LogP contribution is 2.19. The van der Waals surface area contributed by atoms with Crippen LogP contribution in [0, 0.1) is 4.64 Å². The Morgan fingerprint density at radius 1 is 1.38 bits per heavy atom. The molecule has 88 valence electrons. The van der Waals surface area contributed by atoms with Gasteiger partial charge < -0.3 is 9.72 Å². The summed E-state index contributed by atoms with van der Waals surface area (Å²) in [7, 11) is 0. The third kappa shape index (κ3) is 2.68. The molecule has 4 heteroatoms. The van der Waals surface area contributed by atoms with Gasteiger partial charge in [0.05, 0.1) is 6.61 Å². The highest BCUT2D eigenvalue weighted by molar-refractivity contribution is 7.71. The van der Waals surface area contributed by atoms with Crippen molar-refractivity contribution in [3.63, 3.8) is 0 Å². The molecule has 0 unspecified atom stereocenters. The van der Waals surface area contributed by atoms with Crippen molar-refractivity contribution in [2.45, 2.75) is 39.0 Å². The average molecular weight is 238 g/mol. The van der Waals surface area contributed by atoms with Gasteiger partial charge in [0.1, 0.15) is 10.5 Å². The van der Waals surface area contributed by atoms with Gasteiger partial charge in [-0.2, -0.15) is 0 Å². The fourth-order valence-electron chi connectivity index (χ4n) is 2.10. The van der Waals surface area contributed by atoms with Crippen molar-refractivity contribution in [2.24, 2.45) is 0 Å². The molecule has 0 spiro atoms. The van der Waals surface area contributed by atoms with Crippen molar-refractivity contribution >= 4 is 12.2 Å². The second-order valence-corrected chi connectivity index (χ2v) is 4.49. The molecule has 1 aliphatic rings. The van der Waals surface area contributed by atoms with Crippen LogP contribution in [0.2, 0.25) is 0 Å². The van der Waals surface area contributed by atoms with Crippen molar-refractivity contribution in [1.29, 1.82) is 0 Å². The Morgan fingerprint density at radius 2 is 2.19 bits per heavy atom. The van der Waals surface area contributed by atoms with Crippen LogP contribution in [0.15, 0.2) is 0 Å². The topological polar surface area (TPSA) is 37.9 Å². The molecule has 3 nitrogen and oxygen atoms in total. The van der Waals surface area contributed by atoms with Crippen molar-refractivity contribution in [1.82, 2.24) is 9.97 Å². The van der Waals surface area contributed by atoms with Gasteiger partial charge in [-0.25, -0.2) is 4.98 Å². The maximum absolute atomic E-state index is 5.33. The number of aromatic amines is 1. The molecule has 1 aromatic heterocycles. The predicted molar refractivity (Wildman–Crippen MR) is 66.3 cm³/mol. The Bertz CT molecular complexity index is 414. The number of fused-ring (bicyclic) bond motifs is 1. The number of hydrogen-bond donors (Lipinski definition) is 1. The fourth-order valence-corrected chi connectivity index (χ4v) is 2.44. The van der Waals surface area contributed by atoms with Gasteiger partial charge >= 0.3 is 0 Å². The summed E-state index contributed by atoms with van der Waals surface area (Å²) < 4.78 is 6.12. The van der Waals surface area contributed by atoms with Crippen LogP contribution in [0.4, 0.5) is 0 Å². The third-order valence-electron chi connectivity index (χ3n) is 2.94. The van der Waals surface area contributed by atoms with E-state index < -0.39 is 0 Å². The third-order valence-corrected chi connectivity index (χ3v) is 3.28. The molecule has 0 atom stereocenters. The van der Waals surface area contributed by atoms with Crippen LogP contribution < -0.4 is 0 Å². The molecule has 16 heavy (non-hydrogen) atoms. The zero-order valence-corrected chi connectivity index (χ0v) is 10.5. The predicted octanol–water partition coefficient (Wildman–Crippen LogP) is 2.60. The van der Waals surface area contributed by atoms with Crippen molar-refractivity contribution in [2.75, 3.05) is 13.2 Å². The highest BCUT2D eigenvalue weighted by Gasteiger charge is 2.12. The molecular weight excluding hydrogens is 220 g/mol. The van der Waals surface area contributed by atoms with Gasteiger partial charge in [-0.3, -0.25) is 0 Å². The molecule has 0 aliphatic heterocycles. The van der Waals surface area contributed by atoms with Crippen LogP contribution in [-0.2, 0) is 24.0 Å². The first kappa shape index (κ1) is 11.7. The minimum absolute atomic E-state index is 0.716. The smallest absolute Gasteiger partial charge is 0.133 e. The van der Waals surface area contributed by atoms with Gasteiger partial charge in [0.15, 0.2) is 0 Å². The lowest BCUT2D eigenvalue weighted by Crippen LogP contribution is -2.11. The van der Waals surface area contributed by atoms with E-state index in [2.05, 4.69) is 9.97 Å². The van der Waals surface area contributed by atoms with E-state index in [-0.39, 0.29) is 0 Å². The quantitative estimate of drug-likeness (QED) is 0.647. The number of aryl methyl sites for hydroxylation is 1. The van der Waals surface area contributed by atoms with Crippen LogP contribution in [0.5, 0.6) is 0 Å². The summed E-state index contributed by atoms with van der Waals surface area (Å²) in [5.74, 6) is 0.971. The molecule has 1 aromatic rings. The Balaban J connectivity index is 2.15. The van der Waals surface area contributed by atoms with E-state index in [0.717, 1.165) is 36.3 Å². The summed E-state index contributed by atoms with van der Waals surface area (Å²) in [5, 5.41) is 0. The number of H-pyrrole nitrogens is 1. The van der Waals surface area contributed by atoms with E-state index in [1.165, 1.54) is 24.1 Å². The normalized spacial score (nSPS) is 14.8. The van der Waals surface area contributed by atoms with Gasteiger partial charge in [-0.15, -0.1) is 0 Å². The summed E-state index contributed by atoms with van der Waals surface area (Å²) in [6.07, 6.45) is 5.52. The van der Waals surface area contributed by atoms with Crippen molar-refractivity contribution < 1.29 is 4.74 Å². The zero-order chi connectivity index (χ0) is 11.4. The van der Waals surface area contributed by atoms with E-state index in [4.69, 9.17) is 17.0 Å². The summed E-state index contributed by atoms with van der Waals surface area (Å²) in [4.78, 5) is 7.84. The summed E-state index contributed by atoms with van der Waals surface area (Å²) in [6, 6.07) is 0. The molecule has 1 aliphatic carbocycles. The number of ether oxygens (including phenoxy) is 1. The number of rotatable bonds is 4. The van der Waals surface area contributed by atoms with Crippen LogP contribution >= 0.6 is 12.2 Å². The van der Waals surface area contributed by atoms with E-state index >= 15 is 0 Å². The molecule has 0 saturated carbocycles. The summed E-state index contributed by atoms with van der Waals surface area (Å²) in [6.45, 7) is 3.47. The molecule has 1 heterocycles. The highest BCUT2D eigenvalue weighted by atomic mass is 32.1. The number of hydrogen-bond acceptors (Lipinski definition) is 3. The maximum Gasteiger partial charge on any atom is 0.133 e. The van der Waals surface area contributed by atoms with E-state index in [0.29, 0.717) is 6.61 Å². The summed E-state index contributed by atoms with van der Waals surface area (Å²) in [5.41, 5.74) is 2.57. The zero-order valence-electron chi connectivity index (χ0n) is 9.71. The minimum atomic E-state index is 0.716. The van der Waals surface area contributed by atoms with Gasteiger partial charge in [0.25, 0.3) is 0 Å². The molecule has 1 N–H and O–H groups in total. The molecule has 2 rings (SSSR count). The average Bonchev–Trinajstić information content (AvgIpc) is 2.30. The summed E-state index contributed by atoms with van der Waals surface area (Å²) >= 11 is 5.33. The molecule has 0 saturated heterocycles. The molecular formula is C12H18N2OS. The minimum Gasteiger partial charge on any atom is -0.381 e. The standard InChI is InChI=1S/C12H18N2OS/c1-2-15-8-7-11-13-10-6-4-3-5-9(10)12(16)14-11/h2-8H2,1H3,(H,13,14,16). The van der Waals surface area contributed by atoms with Crippen LogP contribution in [0.25, 0.3) is 0 Å². The number of nitrogens with one attached hydrogen (secondary N) is 1. The molecule has 0 fully saturated rings. The second kappa shape index (κ2) is 5.55. The van der Waals surface area contributed by atoms with E-state index in [9.17, 15) is 0 Å². The molecule has 0 radical (unpaired) electrons. The first-order valence-corrected chi connectivity index (χ1v) is 6.40. The fraction of sp³-hybridized carbons (Fsp3) is 0.667. The molecule has 0 amide bonds. The van der Waals surface area contributed by atoms with Gasteiger partial charge in [-0.1, -0.05) is 12.2 Å². The lowest BCUT2D eigenvalue weighted by atomic mass is 9.97. The van der Waals surface area contributed by atoms with Crippen LogP contribution in [0.3, 0.4) is 0 Å². The lowest BCUT2D eigenvalue weighted by Gasteiger charge is -2.16. The van der Waals surface area contributed by atoms with E-state index in [1.54, 1.807) is 0 Å². The Morgan fingerprint density at radius 3 is 3.00 bits per heavy atom. The van der Waals surface area contributed by atoms with Gasteiger partial charge in [0, 0.05) is 24.3 Å². The SMILES string of the molecule is CCOCCc1nc(=S)c2c([nH]1)CCCC2. The Hall–Kier alpha value is -0.740. The molecule has 0 aromatic carbocycles. The first-order valence-electron chi connectivity index (χ1n) is 6.00. The lowest BCUT2D eigenvalue weighted by molar-refractivity contribution is 0.149. The van der Waals surface area contributed by atoms with Crippen LogP contribution in [0.1, 0.15) is 36.8 Å². The van der Waals surface area contributed by atoms with E-state index in [1.807, 2.05) is 6.92 Å². The van der Waals surface area contributed by atoms with Gasteiger partial charge in [-0.05, 0) is 32.6 Å². The number of nitrogens with zero attached hydrogens (tertiary/aromatic N) is 1. The van der Waals surface area contributed by atoms with Crippen molar-refractivity contribution in [3.05, 3.63) is 21.7 Å². The monoisotopic (exact) mass is 238 g/mol. The maximum atomic E-state index is 5.33. The second-order valence-electron chi connectivity index (χ2n) is 4.10.